The maximum Gasteiger partial charge on any atom is 0.412 e. The zero-order valence-corrected chi connectivity index (χ0v) is 19.3. The topological polar surface area (TPSA) is 141 Å². The third-order valence-electron chi connectivity index (χ3n) is 3.85. The molecule has 11 nitrogen and oxygen atoms in total. The Morgan fingerprint density at radius 3 is 2.23 bits per heavy atom. The number of urea groups is 1. The van der Waals surface area contributed by atoms with E-state index in [1.807, 2.05) is 10.8 Å². The Hall–Kier alpha value is -1.98. The fourth-order valence-corrected chi connectivity index (χ4v) is 3.63. The number of carbonyl (C=O) groups excluding carboxylic acids is 2. The maximum absolute atomic E-state index is 14.5. The highest BCUT2D eigenvalue weighted by atomic mass is 31.2. The Bertz CT molecular complexity index is 803. The van der Waals surface area contributed by atoms with E-state index in [0.717, 1.165) is 0 Å². The van der Waals surface area contributed by atoms with Crippen LogP contribution < -0.4 is 16.5 Å². The van der Waals surface area contributed by atoms with Crippen molar-refractivity contribution in [1.29, 1.82) is 0 Å². The molecule has 0 aliphatic carbocycles. The number of rotatable bonds is 13. The van der Waals surface area contributed by atoms with E-state index < -0.39 is 81.8 Å². The molecule has 0 aromatic carbocycles. The van der Waals surface area contributed by atoms with Gasteiger partial charge >= 0.3 is 26.0 Å². The van der Waals surface area contributed by atoms with Crippen LogP contribution in [0.3, 0.4) is 0 Å². The van der Waals surface area contributed by atoms with Crippen LogP contribution >= 0.6 is 7.60 Å². The van der Waals surface area contributed by atoms with Crippen molar-refractivity contribution in [3.8, 4) is 0 Å². The summed E-state index contributed by atoms with van der Waals surface area (Å²) in [6.07, 6.45) is -14.0. The van der Waals surface area contributed by atoms with Gasteiger partial charge in [0.05, 0.1) is 19.3 Å². The summed E-state index contributed by atoms with van der Waals surface area (Å²) in [5.74, 6) is -2.41. The number of nitrogens with two attached hydrogens (primary N) is 1. The Kier molecular flexibility index (Phi) is 11.4. The normalized spacial score (nSPS) is 18.5. The van der Waals surface area contributed by atoms with Gasteiger partial charge in [0.15, 0.2) is 19.0 Å². The van der Waals surface area contributed by atoms with Gasteiger partial charge in [-0.1, -0.05) is 6.92 Å². The lowest BCUT2D eigenvalue weighted by molar-refractivity contribution is -0.166. The van der Waals surface area contributed by atoms with Crippen LogP contribution in [-0.2, 0) is 28.0 Å². The smallest absolute Gasteiger partial charge is 0.364 e. The summed E-state index contributed by atoms with van der Waals surface area (Å²) in [7, 11) is -5.06. The molecule has 1 aliphatic heterocycles. The summed E-state index contributed by atoms with van der Waals surface area (Å²) in [4.78, 5) is 29.5. The number of nitrogens with one attached hydrogen (secondary N) is 2. The van der Waals surface area contributed by atoms with Gasteiger partial charge in [-0.2, -0.15) is 26.3 Å². The quantitative estimate of drug-likeness (QED) is 0.138. The van der Waals surface area contributed by atoms with Crippen molar-refractivity contribution in [1.82, 2.24) is 15.7 Å². The van der Waals surface area contributed by atoms with Gasteiger partial charge in [0.25, 0.3) is 5.91 Å². The maximum atomic E-state index is 14.5. The number of halogens is 7. The van der Waals surface area contributed by atoms with Crippen LogP contribution in [0.2, 0.25) is 0 Å². The summed E-state index contributed by atoms with van der Waals surface area (Å²) < 4.78 is 114. The lowest BCUT2D eigenvalue weighted by Gasteiger charge is -2.34. The van der Waals surface area contributed by atoms with Gasteiger partial charge in [-0.3, -0.25) is 28.1 Å². The number of nitrogens with zero attached hydrogens (tertiary/aromatic N) is 1. The molecular weight excluding hydrogens is 524 g/mol. The van der Waals surface area contributed by atoms with Gasteiger partial charge in [0, 0.05) is 0 Å². The first-order chi connectivity index (χ1) is 16.0. The molecule has 2 atom stereocenters. The first-order valence-corrected chi connectivity index (χ1v) is 11.5. The molecule has 0 spiro atoms. The minimum absolute atomic E-state index is 0.102. The molecule has 1 aliphatic rings. The predicted octanol–water partition coefficient (Wildman–Crippen LogP) is 2.65. The summed E-state index contributed by atoms with van der Waals surface area (Å²) in [6.45, 7) is -1.94. The molecule has 0 aromatic heterocycles. The molecule has 3 amide bonds. The molecule has 0 saturated carbocycles. The second kappa shape index (κ2) is 12.8. The van der Waals surface area contributed by atoms with E-state index in [-0.39, 0.29) is 6.61 Å². The van der Waals surface area contributed by atoms with Crippen molar-refractivity contribution in [2.45, 2.75) is 44.9 Å². The zero-order chi connectivity index (χ0) is 27.0. The van der Waals surface area contributed by atoms with Crippen LogP contribution in [0.15, 0.2) is 11.5 Å². The van der Waals surface area contributed by atoms with E-state index in [2.05, 4.69) is 9.05 Å². The van der Waals surface area contributed by atoms with Gasteiger partial charge in [0.1, 0.15) is 18.2 Å². The molecule has 0 radical (unpaired) electrons. The largest absolute Gasteiger partial charge is 0.412 e. The SMILES string of the molecule is CCCONC(=O)C1=C(F)C(N)N(C[C@@H](C)OCP(=O)(OCC(F)(F)F)OCC(F)(F)F)C(=O)N1. The molecule has 1 rings (SSSR count). The van der Waals surface area contributed by atoms with Gasteiger partial charge < -0.3 is 15.8 Å². The average Bonchev–Trinajstić information content (AvgIpc) is 2.74. The van der Waals surface area contributed by atoms with E-state index in [1.165, 1.54) is 6.92 Å². The van der Waals surface area contributed by atoms with Crippen molar-refractivity contribution in [2.24, 2.45) is 5.73 Å². The van der Waals surface area contributed by atoms with E-state index in [9.17, 15) is 44.9 Å². The van der Waals surface area contributed by atoms with Crippen LogP contribution in [0, 0.1) is 0 Å². The van der Waals surface area contributed by atoms with E-state index in [0.29, 0.717) is 11.3 Å². The molecule has 19 heteroatoms. The first-order valence-electron chi connectivity index (χ1n) is 9.76. The Labute approximate surface area is 194 Å². The number of alkyl halides is 6. The molecular formula is C16H24F7N4O7P. The minimum Gasteiger partial charge on any atom is -0.364 e. The predicted molar refractivity (Wildman–Crippen MR) is 103 cm³/mol. The van der Waals surface area contributed by atoms with Crippen LogP contribution in [0.4, 0.5) is 35.5 Å². The van der Waals surface area contributed by atoms with Crippen LogP contribution in [0.1, 0.15) is 20.3 Å². The molecule has 1 heterocycles. The van der Waals surface area contributed by atoms with Crippen molar-refractivity contribution in [3.63, 3.8) is 0 Å². The highest BCUT2D eigenvalue weighted by Crippen LogP contribution is 2.50. The Morgan fingerprint density at radius 1 is 1.20 bits per heavy atom. The van der Waals surface area contributed by atoms with Gasteiger partial charge in [-0.05, 0) is 13.3 Å². The van der Waals surface area contributed by atoms with Crippen molar-refractivity contribution >= 4 is 19.5 Å². The second-order valence-corrected chi connectivity index (χ2v) is 9.02. The van der Waals surface area contributed by atoms with Crippen LogP contribution in [0.25, 0.3) is 0 Å². The summed E-state index contributed by atoms with van der Waals surface area (Å²) >= 11 is 0. The van der Waals surface area contributed by atoms with Crippen LogP contribution in [0.5, 0.6) is 0 Å². The molecule has 0 aromatic rings. The van der Waals surface area contributed by atoms with E-state index in [1.54, 1.807) is 6.92 Å². The van der Waals surface area contributed by atoms with Gasteiger partial charge in [-0.15, -0.1) is 0 Å². The monoisotopic (exact) mass is 548 g/mol. The molecule has 0 saturated heterocycles. The highest BCUT2D eigenvalue weighted by molar-refractivity contribution is 7.53. The number of carbonyl (C=O) groups is 2. The Balaban J connectivity index is 2.81. The summed E-state index contributed by atoms with van der Waals surface area (Å²) in [6, 6.07) is -1.08. The van der Waals surface area contributed by atoms with Gasteiger partial charge in [0.2, 0.25) is 0 Å². The fourth-order valence-electron chi connectivity index (χ4n) is 2.28. The summed E-state index contributed by atoms with van der Waals surface area (Å²) in [5.41, 5.74) is 6.69. The third kappa shape index (κ3) is 11.1. The van der Waals surface area contributed by atoms with Gasteiger partial charge in [-0.25, -0.2) is 14.7 Å². The summed E-state index contributed by atoms with van der Waals surface area (Å²) in [5, 5.41) is 1.93. The molecule has 1 unspecified atom stereocenters. The van der Waals surface area contributed by atoms with E-state index in [4.69, 9.17) is 15.3 Å². The first kappa shape index (κ1) is 31.1. The highest BCUT2D eigenvalue weighted by Gasteiger charge is 2.40. The lowest BCUT2D eigenvalue weighted by Crippen LogP contribution is -2.58. The molecule has 0 bridgehead atoms. The number of amides is 3. The molecule has 35 heavy (non-hydrogen) atoms. The standard InChI is InChI=1S/C16H24F7N4O7P/c1-3-4-32-26-13(28)11-10(17)12(24)27(14(29)25-11)5-9(2)31-8-35(30,33-6-15(18,19)20)34-7-16(21,22)23/h9,12H,3-8,24H2,1-2H3,(H,25,29)(H,26,28)/t9-,12?/m1/s1. The van der Waals surface area contributed by atoms with Crippen LogP contribution in [-0.4, -0.2) is 74.2 Å². The minimum atomic E-state index is -5.06. The number of hydrogen-bond donors (Lipinski definition) is 3. The van der Waals surface area contributed by atoms with Crippen molar-refractivity contribution in [3.05, 3.63) is 11.5 Å². The second-order valence-electron chi connectivity index (χ2n) is 7.02. The van der Waals surface area contributed by atoms with Crippen molar-refractivity contribution in [2.75, 3.05) is 32.7 Å². The zero-order valence-electron chi connectivity index (χ0n) is 18.4. The molecule has 204 valence electrons. The number of hydroxylamine groups is 1. The number of ether oxygens (including phenoxy) is 1. The fraction of sp³-hybridized carbons (Fsp3) is 0.750. The van der Waals surface area contributed by atoms with Crippen molar-refractivity contribution < 1.29 is 63.5 Å². The molecule has 4 N–H and O–H groups in total. The van der Waals surface area contributed by atoms with E-state index >= 15 is 0 Å². The average molecular weight is 548 g/mol. The third-order valence-corrected chi connectivity index (χ3v) is 5.36. The lowest BCUT2D eigenvalue weighted by atomic mass is 10.2. The number of hydrogen-bond acceptors (Lipinski definition) is 8. The molecule has 0 fully saturated rings. The Morgan fingerprint density at radius 2 is 1.74 bits per heavy atom.